The standard InChI is InChI=1S/C8H14ClNO2/c1-10(8(11)12-6-9)7-4-2-3-5-7/h7H,2-6H2,1H3. The molecule has 0 saturated heterocycles. The van der Waals surface area contributed by atoms with Crippen molar-refractivity contribution in [3.63, 3.8) is 0 Å². The molecule has 0 aromatic rings. The van der Waals surface area contributed by atoms with Crippen LogP contribution in [0.3, 0.4) is 0 Å². The molecule has 3 nitrogen and oxygen atoms in total. The van der Waals surface area contributed by atoms with Crippen LogP contribution in [0.25, 0.3) is 0 Å². The average Bonchev–Trinajstić information content (AvgIpc) is 2.55. The molecule has 0 bridgehead atoms. The first-order valence-electron chi connectivity index (χ1n) is 4.21. The second-order valence-electron chi connectivity index (χ2n) is 3.07. The molecule has 1 aliphatic carbocycles. The molecule has 0 radical (unpaired) electrons. The van der Waals surface area contributed by atoms with Crippen LogP contribution in [0.1, 0.15) is 25.7 Å². The number of hydrogen-bond acceptors (Lipinski definition) is 2. The molecule has 0 aliphatic heterocycles. The molecule has 0 heterocycles. The predicted molar refractivity (Wildman–Crippen MR) is 47.2 cm³/mol. The minimum absolute atomic E-state index is 0.0596. The van der Waals surface area contributed by atoms with Crippen molar-refractivity contribution >= 4 is 17.7 Å². The SMILES string of the molecule is CN(C(=O)OCCl)C1CCCC1. The summed E-state index contributed by atoms with van der Waals surface area (Å²) in [7, 11) is 1.77. The summed E-state index contributed by atoms with van der Waals surface area (Å²) in [6.07, 6.45) is 4.30. The molecule has 1 fully saturated rings. The Kier molecular flexibility index (Phi) is 3.66. The Balaban J connectivity index is 2.34. The van der Waals surface area contributed by atoms with Crippen molar-refractivity contribution in [2.45, 2.75) is 31.7 Å². The summed E-state index contributed by atoms with van der Waals surface area (Å²) in [5.41, 5.74) is 0. The first-order chi connectivity index (χ1) is 5.75. The van der Waals surface area contributed by atoms with E-state index in [1.54, 1.807) is 11.9 Å². The molecule has 0 spiro atoms. The smallest absolute Gasteiger partial charge is 0.410 e. The summed E-state index contributed by atoms with van der Waals surface area (Å²) in [6, 6.07) is 0.302. The van der Waals surface area contributed by atoms with Crippen LogP contribution in [0.4, 0.5) is 4.79 Å². The van der Waals surface area contributed by atoms with Crippen molar-refractivity contribution in [1.29, 1.82) is 0 Å². The predicted octanol–water partition coefficient (Wildman–Crippen LogP) is 2.19. The van der Waals surface area contributed by atoms with Gasteiger partial charge in [-0.1, -0.05) is 24.4 Å². The molecule has 1 aliphatic rings. The fourth-order valence-electron chi connectivity index (χ4n) is 1.59. The van der Waals surface area contributed by atoms with Gasteiger partial charge in [0.15, 0.2) is 6.07 Å². The van der Waals surface area contributed by atoms with E-state index in [0.29, 0.717) is 6.04 Å². The van der Waals surface area contributed by atoms with E-state index in [2.05, 4.69) is 4.74 Å². The second kappa shape index (κ2) is 4.55. The van der Waals surface area contributed by atoms with Gasteiger partial charge in [-0.05, 0) is 12.8 Å². The number of carbonyl (C=O) groups excluding carboxylic acids is 1. The van der Waals surface area contributed by atoms with Gasteiger partial charge in [-0.3, -0.25) is 0 Å². The lowest BCUT2D eigenvalue weighted by Gasteiger charge is -2.22. The van der Waals surface area contributed by atoms with Gasteiger partial charge in [-0.25, -0.2) is 4.79 Å². The van der Waals surface area contributed by atoms with E-state index in [4.69, 9.17) is 11.6 Å². The number of halogens is 1. The Labute approximate surface area is 77.6 Å². The maximum absolute atomic E-state index is 11.1. The quantitative estimate of drug-likeness (QED) is 0.627. The lowest BCUT2D eigenvalue weighted by molar-refractivity contribution is 0.112. The number of rotatable bonds is 2. The molecule has 0 aromatic heterocycles. The van der Waals surface area contributed by atoms with Crippen molar-refractivity contribution in [2.75, 3.05) is 13.1 Å². The minimum atomic E-state index is -0.308. The van der Waals surface area contributed by atoms with Crippen molar-refractivity contribution in [3.8, 4) is 0 Å². The van der Waals surface area contributed by atoms with Crippen LogP contribution in [0, 0.1) is 0 Å². The van der Waals surface area contributed by atoms with Crippen molar-refractivity contribution in [3.05, 3.63) is 0 Å². The minimum Gasteiger partial charge on any atom is -0.433 e. The summed E-state index contributed by atoms with van der Waals surface area (Å²) < 4.78 is 4.67. The van der Waals surface area contributed by atoms with E-state index in [1.165, 1.54) is 12.8 Å². The monoisotopic (exact) mass is 191 g/mol. The Morgan fingerprint density at radius 3 is 2.67 bits per heavy atom. The van der Waals surface area contributed by atoms with Crippen LogP contribution >= 0.6 is 11.6 Å². The Morgan fingerprint density at radius 2 is 2.17 bits per heavy atom. The second-order valence-corrected chi connectivity index (χ2v) is 3.29. The van der Waals surface area contributed by atoms with Gasteiger partial charge in [0, 0.05) is 13.1 Å². The summed E-state index contributed by atoms with van der Waals surface area (Å²) in [6.45, 7) is 0. The van der Waals surface area contributed by atoms with Gasteiger partial charge >= 0.3 is 6.09 Å². The summed E-state index contributed by atoms with van der Waals surface area (Å²) in [5.74, 6) is 0. The van der Waals surface area contributed by atoms with Crippen molar-refractivity contribution < 1.29 is 9.53 Å². The number of hydrogen-bond donors (Lipinski definition) is 0. The van der Waals surface area contributed by atoms with Crippen molar-refractivity contribution in [2.24, 2.45) is 0 Å². The molecule has 1 amide bonds. The van der Waals surface area contributed by atoms with Crippen molar-refractivity contribution in [1.82, 2.24) is 4.90 Å². The maximum Gasteiger partial charge on any atom is 0.410 e. The number of alkyl halides is 1. The maximum atomic E-state index is 11.1. The Morgan fingerprint density at radius 1 is 1.58 bits per heavy atom. The highest BCUT2D eigenvalue weighted by Gasteiger charge is 2.23. The van der Waals surface area contributed by atoms with Crippen LogP contribution in [0.15, 0.2) is 0 Å². The van der Waals surface area contributed by atoms with Gasteiger partial charge in [0.05, 0.1) is 0 Å². The lowest BCUT2D eigenvalue weighted by Crippen LogP contribution is -2.35. The van der Waals surface area contributed by atoms with Crippen LogP contribution in [-0.2, 0) is 4.74 Å². The first kappa shape index (κ1) is 9.65. The van der Waals surface area contributed by atoms with E-state index in [9.17, 15) is 4.79 Å². The third-order valence-electron chi connectivity index (χ3n) is 2.34. The zero-order valence-corrected chi connectivity index (χ0v) is 8.01. The van der Waals surface area contributed by atoms with Gasteiger partial charge in [-0.15, -0.1) is 0 Å². The van der Waals surface area contributed by atoms with E-state index in [0.717, 1.165) is 12.8 Å². The summed E-state index contributed by atoms with van der Waals surface area (Å²) in [4.78, 5) is 12.8. The van der Waals surface area contributed by atoms with Gasteiger partial charge in [0.1, 0.15) is 0 Å². The highest BCUT2D eigenvalue weighted by molar-refractivity contribution is 6.17. The molecule has 12 heavy (non-hydrogen) atoms. The number of carbonyl (C=O) groups is 1. The molecule has 0 aromatic carbocycles. The third kappa shape index (κ3) is 2.27. The Hall–Kier alpha value is -0.440. The molecule has 4 heteroatoms. The zero-order valence-electron chi connectivity index (χ0n) is 7.25. The molecule has 0 N–H and O–H groups in total. The van der Waals surface area contributed by atoms with Crippen LogP contribution in [-0.4, -0.2) is 30.1 Å². The molecule has 70 valence electrons. The third-order valence-corrected chi connectivity index (χ3v) is 2.45. The summed E-state index contributed by atoms with van der Waals surface area (Å²) >= 11 is 5.28. The number of nitrogens with zero attached hydrogens (tertiary/aromatic N) is 1. The Bertz CT molecular complexity index is 157. The van der Waals surface area contributed by atoms with Crippen LogP contribution < -0.4 is 0 Å². The molecule has 1 rings (SSSR count). The fraction of sp³-hybridized carbons (Fsp3) is 0.875. The molecule has 1 saturated carbocycles. The van der Waals surface area contributed by atoms with Gasteiger partial charge < -0.3 is 9.64 Å². The normalized spacial score (nSPS) is 17.8. The van der Waals surface area contributed by atoms with E-state index >= 15 is 0 Å². The summed E-state index contributed by atoms with van der Waals surface area (Å²) in [5, 5.41) is 0. The van der Waals surface area contributed by atoms with E-state index in [1.807, 2.05) is 0 Å². The van der Waals surface area contributed by atoms with Gasteiger partial charge in [0.2, 0.25) is 0 Å². The van der Waals surface area contributed by atoms with Crippen LogP contribution in [0.2, 0.25) is 0 Å². The zero-order chi connectivity index (χ0) is 8.97. The lowest BCUT2D eigenvalue weighted by atomic mass is 10.2. The van der Waals surface area contributed by atoms with E-state index in [-0.39, 0.29) is 12.2 Å². The van der Waals surface area contributed by atoms with E-state index < -0.39 is 0 Å². The average molecular weight is 192 g/mol. The highest BCUT2D eigenvalue weighted by Crippen LogP contribution is 2.22. The number of ether oxygens (including phenoxy) is 1. The molecule has 0 atom stereocenters. The topological polar surface area (TPSA) is 29.5 Å². The van der Waals surface area contributed by atoms with Gasteiger partial charge in [0.25, 0.3) is 0 Å². The molecular formula is C8H14ClNO2. The van der Waals surface area contributed by atoms with Gasteiger partial charge in [-0.2, -0.15) is 0 Å². The van der Waals surface area contributed by atoms with Crippen LogP contribution in [0.5, 0.6) is 0 Å². The first-order valence-corrected chi connectivity index (χ1v) is 4.74. The largest absolute Gasteiger partial charge is 0.433 e. The fourth-order valence-corrected chi connectivity index (χ4v) is 1.68. The number of amides is 1. The molecule has 0 unspecified atom stereocenters. The molecular weight excluding hydrogens is 178 g/mol. The highest BCUT2D eigenvalue weighted by atomic mass is 35.5.